The fraction of sp³-hybridized carbons (Fsp3) is 0.211. The van der Waals surface area contributed by atoms with E-state index < -0.39 is 11.7 Å². The van der Waals surface area contributed by atoms with E-state index in [0.717, 1.165) is 0 Å². The van der Waals surface area contributed by atoms with Crippen molar-refractivity contribution in [1.82, 2.24) is 15.5 Å². The Kier molecular flexibility index (Phi) is 6.68. The Bertz CT molecular complexity index is 1070. The summed E-state index contributed by atoms with van der Waals surface area (Å²) in [5, 5.41) is 13.4. The molecule has 0 unspecified atom stereocenters. The molecule has 1 heterocycles. The van der Waals surface area contributed by atoms with Gasteiger partial charge in [-0.05, 0) is 37.3 Å². The SMILES string of the molecule is COC[C@H](C)N=C(NC(=O)c1cccc(Cl)c1)Nc1n[nH]c2cc(Cl)c(F)cc12. The quantitative estimate of drug-likeness (QED) is 0.411. The summed E-state index contributed by atoms with van der Waals surface area (Å²) in [6.07, 6.45) is 0. The van der Waals surface area contributed by atoms with Gasteiger partial charge in [-0.15, -0.1) is 0 Å². The molecule has 3 aromatic rings. The van der Waals surface area contributed by atoms with Crippen LogP contribution in [0, 0.1) is 5.82 Å². The Morgan fingerprint density at radius 3 is 2.86 bits per heavy atom. The van der Waals surface area contributed by atoms with E-state index in [4.69, 9.17) is 27.9 Å². The Hall–Kier alpha value is -2.68. The first-order valence-corrected chi connectivity index (χ1v) is 9.36. The minimum absolute atomic E-state index is 0.0235. The smallest absolute Gasteiger partial charge is 0.258 e. The number of methoxy groups -OCH3 is 1. The second-order valence-corrected chi connectivity index (χ2v) is 7.10. The van der Waals surface area contributed by atoms with Crippen LogP contribution < -0.4 is 10.6 Å². The Morgan fingerprint density at radius 2 is 2.14 bits per heavy atom. The number of amides is 1. The Labute approximate surface area is 176 Å². The second-order valence-electron chi connectivity index (χ2n) is 6.26. The molecule has 0 aliphatic rings. The van der Waals surface area contributed by atoms with E-state index in [9.17, 15) is 9.18 Å². The average molecular weight is 438 g/mol. The third-order valence-electron chi connectivity index (χ3n) is 3.92. The molecule has 2 aromatic carbocycles. The zero-order valence-electron chi connectivity index (χ0n) is 15.6. The summed E-state index contributed by atoms with van der Waals surface area (Å²) in [5.74, 6) is -0.594. The average Bonchev–Trinajstić information content (AvgIpc) is 3.03. The van der Waals surface area contributed by atoms with E-state index in [2.05, 4.69) is 25.8 Å². The number of rotatable bonds is 5. The number of aromatic nitrogens is 2. The molecule has 0 spiro atoms. The van der Waals surface area contributed by atoms with Crippen LogP contribution in [-0.2, 0) is 4.74 Å². The fourth-order valence-electron chi connectivity index (χ4n) is 2.62. The molecule has 1 amide bonds. The maximum absolute atomic E-state index is 13.9. The van der Waals surface area contributed by atoms with Crippen LogP contribution in [0.1, 0.15) is 17.3 Å². The number of guanidine groups is 1. The second kappa shape index (κ2) is 9.21. The van der Waals surface area contributed by atoms with E-state index in [1.54, 1.807) is 25.3 Å². The first-order chi connectivity index (χ1) is 13.9. The number of carbonyl (C=O) groups is 1. The number of hydrogen-bond donors (Lipinski definition) is 3. The number of aromatic amines is 1. The maximum Gasteiger partial charge on any atom is 0.258 e. The highest BCUT2D eigenvalue weighted by atomic mass is 35.5. The van der Waals surface area contributed by atoms with Gasteiger partial charge in [0.2, 0.25) is 5.96 Å². The number of ether oxygens (including phenoxy) is 1. The van der Waals surface area contributed by atoms with Crippen LogP contribution in [0.2, 0.25) is 10.0 Å². The van der Waals surface area contributed by atoms with Gasteiger partial charge in [0.1, 0.15) is 5.82 Å². The first-order valence-electron chi connectivity index (χ1n) is 8.61. The van der Waals surface area contributed by atoms with E-state index in [1.165, 1.54) is 18.2 Å². The summed E-state index contributed by atoms with van der Waals surface area (Å²) < 4.78 is 19.0. The van der Waals surface area contributed by atoms with Gasteiger partial charge < -0.3 is 10.1 Å². The minimum atomic E-state index is -0.585. The maximum atomic E-state index is 13.9. The molecule has 10 heteroatoms. The first kappa shape index (κ1) is 21.0. The van der Waals surface area contributed by atoms with Crippen molar-refractivity contribution >= 4 is 51.8 Å². The minimum Gasteiger partial charge on any atom is -0.382 e. The van der Waals surface area contributed by atoms with Crippen LogP contribution in [0.4, 0.5) is 10.2 Å². The van der Waals surface area contributed by atoms with Crippen molar-refractivity contribution in [2.24, 2.45) is 4.99 Å². The van der Waals surface area contributed by atoms with Gasteiger partial charge in [-0.1, -0.05) is 29.3 Å². The number of H-pyrrole nitrogens is 1. The van der Waals surface area contributed by atoms with Gasteiger partial charge in [0.05, 0.1) is 23.2 Å². The lowest BCUT2D eigenvalue weighted by molar-refractivity contribution is 0.0976. The van der Waals surface area contributed by atoms with Crippen LogP contribution in [0.5, 0.6) is 0 Å². The van der Waals surface area contributed by atoms with Crippen molar-refractivity contribution in [3.63, 3.8) is 0 Å². The van der Waals surface area contributed by atoms with E-state index in [-0.39, 0.29) is 22.8 Å². The normalized spacial score (nSPS) is 12.8. The standard InChI is InChI=1S/C19H18Cl2FN5O2/c1-10(9-29-2)23-19(25-18(28)11-4-3-5-12(20)6-11)24-17-13-7-15(22)14(21)8-16(13)26-27-17/h3-8,10H,9H2,1-2H3,(H3,23,24,25,26,27,28)/t10-/m0/s1. The van der Waals surface area contributed by atoms with Gasteiger partial charge in [-0.3, -0.25) is 15.2 Å². The molecule has 1 aromatic heterocycles. The molecule has 7 nitrogen and oxygen atoms in total. The molecule has 3 N–H and O–H groups in total. The molecule has 0 saturated carbocycles. The molecule has 29 heavy (non-hydrogen) atoms. The van der Waals surface area contributed by atoms with E-state index in [1.807, 2.05) is 6.92 Å². The van der Waals surface area contributed by atoms with Gasteiger partial charge in [0, 0.05) is 23.1 Å². The third kappa shape index (κ3) is 5.23. The molecule has 0 saturated heterocycles. The molecule has 152 valence electrons. The molecule has 0 aliphatic heterocycles. The number of fused-ring (bicyclic) bond motifs is 1. The number of nitrogens with zero attached hydrogens (tertiary/aromatic N) is 2. The summed E-state index contributed by atoms with van der Waals surface area (Å²) in [4.78, 5) is 17.0. The number of nitrogens with one attached hydrogen (secondary N) is 3. The Balaban J connectivity index is 1.90. The summed E-state index contributed by atoms with van der Waals surface area (Å²) in [6.45, 7) is 2.16. The lowest BCUT2D eigenvalue weighted by atomic mass is 10.2. The lowest BCUT2D eigenvalue weighted by Gasteiger charge is -2.13. The van der Waals surface area contributed by atoms with E-state index in [0.29, 0.717) is 28.1 Å². The highest BCUT2D eigenvalue weighted by Gasteiger charge is 2.15. The molecule has 0 aliphatic carbocycles. The summed E-state index contributed by atoms with van der Waals surface area (Å²) in [7, 11) is 1.55. The lowest BCUT2D eigenvalue weighted by Crippen LogP contribution is -2.37. The number of halogens is 3. The van der Waals surface area contributed by atoms with Gasteiger partial charge >= 0.3 is 0 Å². The topological polar surface area (TPSA) is 91.4 Å². The molecular formula is C19H18Cl2FN5O2. The number of carbonyl (C=O) groups excluding carboxylic acids is 1. The van der Waals surface area contributed by atoms with Crippen molar-refractivity contribution in [3.8, 4) is 0 Å². The number of benzene rings is 2. The largest absolute Gasteiger partial charge is 0.382 e. The molecule has 1 atom stereocenters. The predicted molar refractivity (Wildman–Crippen MR) is 112 cm³/mol. The molecule has 3 rings (SSSR count). The number of aliphatic imine (C=N–C) groups is 1. The molecule has 0 fully saturated rings. The fourth-order valence-corrected chi connectivity index (χ4v) is 2.98. The molecule has 0 bridgehead atoms. The van der Waals surface area contributed by atoms with Gasteiger partial charge in [0.15, 0.2) is 5.82 Å². The van der Waals surface area contributed by atoms with Crippen molar-refractivity contribution in [1.29, 1.82) is 0 Å². The summed E-state index contributed by atoms with van der Waals surface area (Å²) in [6, 6.07) is 8.91. The number of anilines is 1. The van der Waals surface area contributed by atoms with Gasteiger partial charge in [0.25, 0.3) is 5.91 Å². The summed E-state index contributed by atoms with van der Waals surface area (Å²) >= 11 is 11.8. The number of hydrogen-bond acceptors (Lipinski definition) is 4. The highest BCUT2D eigenvalue weighted by molar-refractivity contribution is 6.31. The van der Waals surface area contributed by atoms with Crippen LogP contribution in [0.15, 0.2) is 41.4 Å². The highest BCUT2D eigenvalue weighted by Crippen LogP contribution is 2.26. The van der Waals surface area contributed by atoms with Crippen molar-refractivity contribution in [3.05, 3.63) is 57.8 Å². The van der Waals surface area contributed by atoms with Crippen LogP contribution in [0.25, 0.3) is 10.9 Å². The molecule has 0 radical (unpaired) electrons. The van der Waals surface area contributed by atoms with Gasteiger partial charge in [-0.25, -0.2) is 9.38 Å². The van der Waals surface area contributed by atoms with Crippen molar-refractivity contribution < 1.29 is 13.9 Å². The third-order valence-corrected chi connectivity index (χ3v) is 4.44. The molecular weight excluding hydrogens is 420 g/mol. The van der Waals surface area contributed by atoms with E-state index >= 15 is 0 Å². The van der Waals surface area contributed by atoms with Gasteiger partial charge in [-0.2, -0.15) is 5.10 Å². The van der Waals surface area contributed by atoms with Crippen molar-refractivity contribution in [2.45, 2.75) is 13.0 Å². The zero-order chi connectivity index (χ0) is 21.0. The zero-order valence-corrected chi connectivity index (χ0v) is 17.1. The predicted octanol–water partition coefficient (Wildman–Crippen LogP) is 4.24. The monoisotopic (exact) mass is 437 g/mol. The Morgan fingerprint density at radius 1 is 1.34 bits per heavy atom. The summed E-state index contributed by atoms with van der Waals surface area (Å²) in [5.41, 5.74) is 0.889. The van der Waals surface area contributed by atoms with Crippen LogP contribution in [0.3, 0.4) is 0 Å². The van der Waals surface area contributed by atoms with Crippen molar-refractivity contribution in [2.75, 3.05) is 19.0 Å². The van der Waals surface area contributed by atoms with Crippen LogP contribution >= 0.6 is 23.2 Å². The van der Waals surface area contributed by atoms with Crippen LogP contribution in [-0.4, -0.2) is 41.8 Å².